The fourth-order valence-corrected chi connectivity index (χ4v) is 3.83. The number of carboxylic acid groups (broad SMARTS) is 1. The van der Waals surface area contributed by atoms with Gasteiger partial charge >= 0.3 is 12.3 Å². The number of alkyl halides is 3. The molecule has 1 saturated heterocycles. The summed E-state index contributed by atoms with van der Waals surface area (Å²) in [6, 6.07) is 2.66. The smallest absolute Gasteiger partial charge is 0.419 e. The number of hydrogen-bond acceptors (Lipinski definition) is 6. The summed E-state index contributed by atoms with van der Waals surface area (Å²) >= 11 is 0. The molecule has 1 aliphatic rings. The second-order valence-corrected chi connectivity index (χ2v) is 8.12. The van der Waals surface area contributed by atoms with Crippen LogP contribution in [0.2, 0.25) is 0 Å². The Morgan fingerprint density at radius 1 is 1.24 bits per heavy atom. The van der Waals surface area contributed by atoms with Gasteiger partial charge in [-0.05, 0) is 24.6 Å². The lowest BCUT2D eigenvalue weighted by atomic mass is 10.1. The van der Waals surface area contributed by atoms with Crippen LogP contribution < -0.4 is 4.74 Å². The highest BCUT2D eigenvalue weighted by Crippen LogP contribution is 2.39. The maximum Gasteiger partial charge on any atom is 0.419 e. The van der Waals surface area contributed by atoms with Gasteiger partial charge in [-0.1, -0.05) is 44.2 Å². The zero-order chi connectivity index (χ0) is 24.0. The summed E-state index contributed by atoms with van der Waals surface area (Å²) in [5.41, 5.74) is -0.884. The first-order valence-electron chi connectivity index (χ1n) is 11.1. The Labute approximate surface area is 189 Å². The summed E-state index contributed by atoms with van der Waals surface area (Å²) < 4.78 is 51.5. The van der Waals surface area contributed by atoms with E-state index in [4.69, 9.17) is 9.26 Å². The van der Waals surface area contributed by atoms with E-state index in [0.29, 0.717) is 6.42 Å². The molecule has 3 rings (SSSR count). The number of benzene rings is 1. The number of aromatic nitrogens is 2. The summed E-state index contributed by atoms with van der Waals surface area (Å²) in [6.45, 7) is 2.20. The fourth-order valence-electron chi connectivity index (χ4n) is 3.83. The van der Waals surface area contributed by atoms with Gasteiger partial charge in [0.25, 0.3) is 0 Å². The summed E-state index contributed by atoms with van der Waals surface area (Å²) in [4.78, 5) is 16.4. The van der Waals surface area contributed by atoms with Gasteiger partial charge in [-0.2, -0.15) is 18.2 Å². The number of aliphatic hydroxyl groups is 1. The van der Waals surface area contributed by atoms with Crippen LogP contribution in [-0.4, -0.2) is 50.6 Å². The SMILES string of the molecule is CCCCCCCCOc1ccc(-c2noc([C@@H]3C[C@H](O)CN3C(=O)O)n2)cc1C(F)(F)F. The van der Waals surface area contributed by atoms with Gasteiger partial charge in [0.2, 0.25) is 11.7 Å². The largest absolute Gasteiger partial charge is 0.493 e. The van der Waals surface area contributed by atoms with Gasteiger partial charge in [0.1, 0.15) is 11.8 Å². The first-order valence-corrected chi connectivity index (χ1v) is 11.1. The van der Waals surface area contributed by atoms with E-state index in [1.165, 1.54) is 12.1 Å². The van der Waals surface area contributed by atoms with Gasteiger partial charge in [-0.15, -0.1) is 0 Å². The zero-order valence-electron chi connectivity index (χ0n) is 18.3. The molecule has 11 heteroatoms. The van der Waals surface area contributed by atoms with Crippen molar-refractivity contribution in [1.29, 1.82) is 0 Å². The van der Waals surface area contributed by atoms with Crippen LogP contribution in [0.1, 0.15) is 69.4 Å². The monoisotopic (exact) mass is 471 g/mol. The number of nitrogens with zero attached hydrogens (tertiary/aromatic N) is 3. The van der Waals surface area contributed by atoms with Crippen LogP contribution >= 0.6 is 0 Å². The van der Waals surface area contributed by atoms with Gasteiger partial charge < -0.3 is 19.5 Å². The molecule has 182 valence electrons. The third kappa shape index (κ3) is 6.37. The first-order chi connectivity index (χ1) is 15.7. The molecule has 1 aliphatic heterocycles. The number of amides is 1. The normalized spacial score (nSPS) is 18.6. The molecule has 1 aromatic heterocycles. The van der Waals surface area contributed by atoms with Crippen molar-refractivity contribution in [3.8, 4) is 17.1 Å². The number of likely N-dealkylation sites (tertiary alicyclic amines) is 1. The molecule has 33 heavy (non-hydrogen) atoms. The van der Waals surface area contributed by atoms with E-state index in [1.807, 2.05) is 0 Å². The van der Waals surface area contributed by atoms with E-state index < -0.39 is 30.0 Å². The molecule has 0 aliphatic carbocycles. The van der Waals surface area contributed by atoms with Crippen molar-refractivity contribution in [2.75, 3.05) is 13.2 Å². The molecule has 8 nitrogen and oxygen atoms in total. The number of hydrogen-bond donors (Lipinski definition) is 2. The summed E-state index contributed by atoms with van der Waals surface area (Å²) in [6.07, 6.45) is -0.757. The number of rotatable bonds is 10. The Hall–Kier alpha value is -2.82. The topological polar surface area (TPSA) is 109 Å². The van der Waals surface area contributed by atoms with Crippen molar-refractivity contribution in [3.63, 3.8) is 0 Å². The van der Waals surface area contributed by atoms with Crippen LogP contribution in [0.15, 0.2) is 22.7 Å². The van der Waals surface area contributed by atoms with Crippen molar-refractivity contribution in [2.24, 2.45) is 0 Å². The van der Waals surface area contributed by atoms with Crippen LogP contribution in [0.3, 0.4) is 0 Å². The maximum absolute atomic E-state index is 13.6. The number of halogens is 3. The minimum atomic E-state index is -4.64. The molecule has 2 heterocycles. The lowest BCUT2D eigenvalue weighted by molar-refractivity contribution is -0.138. The molecule has 1 fully saturated rings. The fraction of sp³-hybridized carbons (Fsp3) is 0.591. The van der Waals surface area contributed by atoms with E-state index in [1.54, 1.807) is 0 Å². The van der Waals surface area contributed by atoms with Gasteiger partial charge in [0, 0.05) is 12.0 Å². The number of β-amino-alcohol motifs (C(OH)–C–C–N with tert-alkyl or cyclic N) is 1. The third-order valence-corrected chi connectivity index (χ3v) is 5.55. The molecule has 0 radical (unpaired) electrons. The minimum absolute atomic E-state index is 0.0599. The van der Waals surface area contributed by atoms with E-state index >= 15 is 0 Å². The average Bonchev–Trinajstić information content (AvgIpc) is 3.39. The van der Waals surface area contributed by atoms with Crippen LogP contribution in [-0.2, 0) is 6.18 Å². The highest BCUT2D eigenvalue weighted by atomic mass is 19.4. The summed E-state index contributed by atoms with van der Waals surface area (Å²) in [7, 11) is 0. The van der Waals surface area contributed by atoms with E-state index in [0.717, 1.165) is 43.1 Å². The standard InChI is InChI=1S/C22H28F3N3O5/c1-2-3-4-5-6-7-10-32-18-9-8-14(11-16(18)22(23,24)25)19-26-20(33-27-19)17-12-15(29)13-28(17)21(30)31/h8-9,11,15,17,29H,2-7,10,12-13H2,1H3,(H,30,31)/t15-,17-/m0/s1. The minimum Gasteiger partial charge on any atom is -0.493 e. The number of carbonyl (C=O) groups is 1. The highest BCUT2D eigenvalue weighted by Gasteiger charge is 2.39. The van der Waals surface area contributed by atoms with Gasteiger partial charge in [-0.25, -0.2) is 4.79 Å². The Balaban J connectivity index is 1.72. The molecule has 0 spiro atoms. The second kappa shape index (κ2) is 10.9. The number of ether oxygens (including phenoxy) is 1. The predicted molar refractivity (Wildman–Crippen MR) is 112 cm³/mol. The molecule has 0 saturated carbocycles. The zero-order valence-corrected chi connectivity index (χ0v) is 18.3. The molecule has 1 amide bonds. The summed E-state index contributed by atoms with van der Waals surface area (Å²) in [5, 5.41) is 22.8. The quantitative estimate of drug-likeness (QED) is 0.454. The summed E-state index contributed by atoms with van der Waals surface area (Å²) in [5.74, 6) is -0.454. The van der Waals surface area contributed by atoms with Crippen molar-refractivity contribution >= 4 is 6.09 Å². The first kappa shape index (κ1) is 24.8. The molecular formula is C22H28F3N3O5. The lowest BCUT2D eigenvalue weighted by Gasteiger charge is -2.17. The Morgan fingerprint density at radius 3 is 2.67 bits per heavy atom. The molecule has 1 aromatic carbocycles. The highest BCUT2D eigenvalue weighted by molar-refractivity contribution is 5.66. The number of aliphatic hydroxyl groups excluding tert-OH is 1. The number of unbranched alkanes of at least 4 members (excludes halogenated alkanes) is 5. The van der Waals surface area contributed by atoms with E-state index in [9.17, 15) is 28.2 Å². The van der Waals surface area contributed by atoms with Crippen molar-refractivity contribution in [2.45, 2.75) is 70.2 Å². The average molecular weight is 471 g/mol. The van der Waals surface area contributed by atoms with Crippen LogP contribution in [0, 0.1) is 0 Å². The molecule has 2 atom stereocenters. The second-order valence-electron chi connectivity index (χ2n) is 8.12. The molecule has 0 unspecified atom stereocenters. The van der Waals surface area contributed by atoms with Crippen LogP contribution in [0.5, 0.6) is 5.75 Å². The van der Waals surface area contributed by atoms with Gasteiger partial charge in [0.05, 0.1) is 24.8 Å². The Bertz CT molecular complexity index is 934. The molecule has 2 N–H and O–H groups in total. The Kier molecular flexibility index (Phi) is 8.17. The predicted octanol–water partition coefficient (Wildman–Crippen LogP) is 5.28. The Morgan fingerprint density at radius 2 is 1.97 bits per heavy atom. The molecular weight excluding hydrogens is 443 g/mol. The molecule has 0 bridgehead atoms. The molecule has 2 aromatic rings. The lowest BCUT2D eigenvalue weighted by Crippen LogP contribution is -2.30. The van der Waals surface area contributed by atoms with Crippen molar-refractivity contribution in [3.05, 3.63) is 29.7 Å². The van der Waals surface area contributed by atoms with Crippen molar-refractivity contribution < 1.29 is 37.4 Å². The van der Waals surface area contributed by atoms with Gasteiger partial charge in [0.15, 0.2) is 0 Å². The third-order valence-electron chi connectivity index (χ3n) is 5.55. The maximum atomic E-state index is 13.6. The van der Waals surface area contributed by atoms with Crippen molar-refractivity contribution in [1.82, 2.24) is 15.0 Å². The van der Waals surface area contributed by atoms with E-state index in [2.05, 4.69) is 17.1 Å². The van der Waals surface area contributed by atoms with E-state index in [-0.39, 0.29) is 42.6 Å². The van der Waals surface area contributed by atoms with Gasteiger partial charge in [-0.3, -0.25) is 4.90 Å². The van der Waals surface area contributed by atoms with Crippen LogP contribution in [0.25, 0.3) is 11.4 Å². The van der Waals surface area contributed by atoms with Crippen LogP contribution in [0.4, 0.5) is 18.0 Å².